The Balaban J connectivity index is 1.67. The van der Waals surface area contributed by atoms with E-state index in [1.807, 2.05) is 24.3 Å². The standard InChI is InChI=1S/C21H24N4O2/c1-25-14-17(8-9-19(25)26)16-6-4-15(5-7-16)12-18(13-22)24-20(27)21(23)10-2-3-11-21/h4-9,14,18H,2-3,10-12,23H2,1H3,(H,24,27). The Kier molecular flexibility index (Phi) is 5.43. The fourth-order valence-electron chi connectivity index (χ4n) is 3.50. The highest BCUT2D eigenvalue weighted by molar-refractivity contribution is 5.86. The summed E-state index contributed by atoms with van der Waals surface area (Å²) >= 11 is 0. The van der Waals surface area contributed by atoms with Crippen molar-refractivity contribution < 1.29 is 4.79 Å². The Morgan fingerprint density at radius 3 is 2.44 bits per heavy atom. The summed E-state index contributed by atoms with van der Waals surface area (Å²) in [7, 11) is 1.72. The van der Waals surface area contributed by atoms with Gasteiger partial charge in [-0.1, -0.05) is 37.1 Å². The Labute approximate surface area is 158 Å². The molecule has 0 spiro atoms. The molecule has 1 fully saturated rings. The molecule has 0 bridgehead atoms. The summed E-state index contributed by atoms with van der Waals surface area (Å²) < 4.78 is 1.54. The molecule has 1 aliphatic rings. The number of nitrogens with two attached hydrogens (primary N) is 1. The number of rotatable bonds is 5. The molecule has 2 aromatic rings. The fourth-order valence-corrected chi connectivity index (χ4v) is 3.50. The lowest BCUT2D eigenvalue weighted by molar-refractivity contribution is -0.126. The molecule has 6 heteroatoms. The van der Waals surface area contributed by atoms with E-state index in [-0.39, 0.29) is 11.5 Å². The molecule has 3 N–H and O–H groups in total. The van der Waals surface area contributed by atoms with Gasteiger partial charge in [0.1, 0.15) is 6.04 Å². The van der Waals surface area contributed by atoms with Crippen molar-refractivity contribution in [3.8, 4) is 17.2 Å². The van der Waals surface area contributed by atoms with E-state index in [2.05, 4.69) is 11.4 Å². The SMILES string of the molecule is Cn1cc(-c2ccc(CC(C#N)NC(=O)C3(N)CCCC3)cc2)ccc1=O. The van der Waals surface area contributed by atoms with Gasteiger partial charge in [0, 0.05) is 25.7 Å². The topological polar surface area (TPSA) is 101 Å². The molecule has 6 nitrogen and oxygen atoms in total. The molecule has 1 atom stereocenters. The van der Waals surface area contributed by atoms with Crippen LogP contribution in [-0.4, -0.2) is 22.1 Å². The first-order valence-corrected chi connectivity index (χ1v) is 9.17. The van der Waals surface area contributed by atoms with E-state index in [0.29, 0.717) is 19.3 Å². The van der Waals surface area contributed by atoms with E-state index in [1.165, 1.54) is 10.6 Å². The smallest absolute Gasteiger partial charge is 0.250 e. The number of aromatic nitrogens is 1. The lowest BCUT2D eigenvalue weighted by Gasteiger charge is -2.24. The van der Waals surface area contributed by atoms with Crippen molar-refractivity contribution in [3.05, 3.63) is 58.5 Å². The van der Waals surface area contributed by atoms with Gasteiger partial charge in [-0.2, -0.15) is 5.26 Å². The van der Waals surface area contributed by atoms with Gasteiger partial charge in [0.2, 0.25) is 11.5 Å². The molecule has 0 radical (unpaired) electrons. The Morgan fingerprint density at radius 2 is 1.85 bits per heavy atom. The maximum Gasteiger partial charge on any atom is 0.250 e. The normalized spacial score (nSPS) is 16.5. The number of amides is 1. The van der Waals surface area contributed by atoms with Gasteiger partial charge in [-0.25, -0.2) is 0 Å². The first-order valence-electron chi connectivity index (χ1n) is 9.17. The van der Waals surface area contributed by atoms with E-state index in [9.17, 15) is 14.9 Å². The number of carbonyl (C=O) groups is 1. The molecule has 1 amide bonds. The van der Waals surface area contributed by atoms with Crippen LogP contribution in [0.25, 0.3) is 11.1 Å². The van der Waals surface area contributed by atoms with Gasteiger partial charge in [0.25, 0.3) is 0 Å². The molecule has 3 rings (SSSR count). The van der Waals surface area contributed by atoms with Crippen molar-refractivity contribution in [2.24, 2.45) is 12.8 Å². The van der Waals surface area contributed by atoms with Gasteiger partial charge in [-0.05, 0) is 35.6 Å². The highest BCUT2D eigenvalue weighted by Gasteiger charge is 2.37. The predicted octanol–water partition coefficient (Wildman–Crippen LogP) is 1.87. The van der Waals surface area contributed by atoms with Crippen molar-refractivity contribution in [2.45, 2.75) is 43.7 Å². The third-order valence-electron chi connectivity index (χ3n) is 5.22. The van der Waals surface area contributed by atoms with Crippen LogP contribution in [0, 0.1) is 11.3 Å². The second-order valence-electron chi connectivity index (χ2n) is 7.29. The number of nitrogens with one attached hydrogen (secondary N) is 1. The van der Waals surface area contributed by atoms with Gasteiger partial charge in [0.05, 0.1) is 11.6 Å². The Bertz CT molecular complexity index is 918. The quantitative estimate of drug-likeness (QED) is 0.846. The average molecular weight is 364 g/mol. The third kappa shape index (κ3) is 4.26. The summed E-state index contributed by atoms with van der Waals surface area (Å²) in [5, 5.41) is 12.2. The van der Waals surface area contributed by atoms with Crippen LogP contribution in [0.5, 0.6) is 0 Å². The van der Waals surface area contributed by atoms with E-state index in [4.69, 9.17) is 5.73 Å². The maximum atomic E-state index is 12.4. The number of nitrogens with zero attached hydrogens (tertiary/aromatic N) is 2. The van der Waals surface area contributed by atoms with E-state index >= 15 is 0 Å². The summed E-state index contributed by atoms with van der Waals surface area (Å²) in [5.74, 6) is -0.228. The number of hydrogen-bond acceptors (Lipinski definition) is 4. The summed E-state index contributed by atoms with van der Waals surface area (Å²) in [4.78, 5) is 23.9. The zero-order valence-corrected chi connectivity index (χ0v) is 15.4. The monoisotopic (exact) mass is 364 g/mol. The molecule has 1 heterocycles. The average Bonchev–Trinajstić information content (AvgIpc) is 3.12. The zero-order chi connectivity index (χ0) is 19.4. The molecule has 1 aromatic heterocycles. The molecule has 0 saturated heterocycles. The second kappa shape index (κ2) is 7.77. The van der Waals surface area contributed by atoms with Crippen LogP contribution in [0.15, 0.2) is 47.4 Å². The fraction of sp³-hybridized carbons (Fsp3) is 0.381. The van der Waals surface area contributed by atoms with Crippen LogP contribution >= 0.6 is 0 Å². The summed E-state index contributed by atoms with van der Waals surface area (Å²) in [5.41, 5.74) is 8.16. The lowest BCUT2D eigenvalue weighted by atomic mass is 9.96. The zero-order valence-electron chi connectivity index (χ0n) is 15.4. The number of hydrogen-bond donors (Lipinski definition) is 2. The number of pyridine rings is 1. The van der Waals surface area contributed by atoms with Crippen molar-refractivity contribution in [1.29, 1.82) is 5.26 Å². The van der Waals surface area contributed by atoms with Gasteiger partial charge in [-0.3, -0.25) is 9.59 Å². The van der Waals surface area contributed by atoms with Crippen molar-refractivity contribution in [3.63, 3.8) is 0 Å². The third-order valence-corrected chi connectivity index (χ3v) is 5.22. The summed E-state index contributed by atoms with van der Waals surface area (Å²) in [6, 6.07) is 12.6. The minimum absolute atomic E-state index is 0.0529. The van der Waals surface area contributed by atoms with E-state index in [1.54, 1.807) is 19.3 Å². The van der Waals surface area contributed by atoms with Crippen LogP contribution in [0.3, 0.4) is 0 Å². The largest absolute Gasteiger partial charge is 0.338 e. The molecule has 1 saturated carbocycles. The number of nitriles is 1. The lowest BCUT2D eigenvalue weighted by Crippen LogP contribution is -2.54. The van der Waals surface area contributed by atoms with Crippen LogP contribution in [0.2, 0.25) is 0 Å². The van der Waals surface area contributed by atoms with Crippen LogP contribution < -0.4 is 16.6 Å². The second-order valence-corrected chi connectivity index (χ2v) is 7.29. The van der Waals surface area contributed by atoms with Crippen LogP contribution in [0.4, 0.5) is 0 Å². The minimum atomic E-state index is -0.831. The summed E-state index contributed by atoms with van der Waals surface area (Å²) in [6.45, 7) is 0. The first-order chi connectivity index (χ1) is 12.9. The van der Waals surface area contributed by atoms with Crippen molar-refractivity contribution in [1.82, 2.24) is 9.88 Å². The molecule has 1 aliphatic carbocycles. The van der Waals surface area contributed by atoms with E-state index in [0.717, 1.165) is 29.5 Å². The molecular weight excluding hydrogens is 340 g/mol. The highest BCUT2D eigenvalue weighted by atomic mass is 16.2. The number of aryl methyl sites for hydroxylation is 1. The number of benzene rings is 1. The molecular formula is C21H24N4O2. The van der Waals surface area contributed by atoms with Crippen molar-refractivity contribution in [2.75, 3.05) is 0 Å². The van der Waals surface area contributed by atoms with Gasteiger partial charge in [-0.15, -0.1) is 0 Å². The molecule has 0 aliphatic heterocycles. The van der Waals surface area contributed by atoms with Crippen LogP contribution in [0.1, 0.15) is 31.2 Å². The predicted molar refractivity (Wildman–Crippen MR) is 104 cm³/mol. The highest BCUT2D eigenvalue weighted by Crippen LogP contribution is 2.27. The van der Waals surface area contributed by atoms with Crippen molar-refractivity contribution >= 4 is 5.91 Å². The van der Waals surface area contributed by atoms with Crippen LogP contribution in [-0.2, 0) is 18.3 Å². The molecule has 27 heavy (non-hydrogen) atoms. The first kappa shape index (κ1) is 18.9. The summed E-state index contributed by atoms with van der Waals surface area (Å²) in [6.07, 6.45) is 5.46. The van der Waals surface area contributed by atoms with Gasteiger partial charge < -0.3 is 15.6 Å². The minimum Gasteiger partial charge on any atom is -0.338 e. The van der Waals surface area contributed by atoms with Gasteiger partial charge in [0.15, 0.2) is 0 Å². The maximum absolute atomic E-state index is 12.4. The Hall–Kier alpha value is -2.91. The molecule has 140 valence electrons. The molecule has 1 unspecified atom stereocenters. The van der Waals surface area contributed by atoms with E-state index < -0.39 is 11.6 Å². The number of carbonyl (C=O) groups excluding carboxylic acids is 1. The van der Waals surface area contributed by atoms with Gasteiger partial charge >= 0.3 is 0 Å². The Morgan fingerprint density at radius 1 is 1.22 bits per heavy atom. The molecule has 1 aromatic carbocycles.